The van der Waals surface area contributed by atoms with Gasteiger partial charge in [0.15, 0.2) is 6.10 Å². The molecule has 1 heterocycles. The molecule has 1 rings (SSSR count). The zero-order valence-corrected chi connectivity index (χ0v) is 13.3. The van der Waals surface area contributed by atoms with E-state index in [1.807, 2.05) is 0 Å². The second kappa shape index (κ2) is 5.87. The summed E-state index contributed by atoms with van der Waals surface area (Å²) >= 11 is 0. The molecule has 1 aliphatic rings. The van der Waals surface area contributed by atoms with Crippen LogP contribution in [0.1, 0.15) is 41.5 Å². The molecule has 0 aliphatic carbocycles. The normalized spacial score (nSPS) is 18.9. The first kappa shape index (κ1) is 17.2. The Morgan fingerprint density at radius 2 is 1.62 bits per heavy atom. The molecule has 0 aromatic heterocycles. The fraction of sp³-hybridized carbons (Fsp3) is 0.667. The van der Waals surface area contributed by atoms with Crippen molar-refractivity contribution in [1.29, 1.82) is 0 Å². The van der Waals surface area contributed by atoms with E-state index < -0.39 is 34.8 Å². The van der Waals surface area contributed by atoms with E-state index >= 15 is 0 Å². The zero-order valence-electron chi connectivity index (χ0n) is 13.3. The molecule has 6 nitrogen and oxygen atoms in total. The molecule has 0 amide bonds. The van der Waals surface area contributed by atoms with E-state index in [1.54, 1.807) is 41.5 Å². The Balaban J connectivity index is 2.60. The fourth-order valence-corrected chi connectivity index (χ4v) is 1.25. The van der Waals surface area contributed by atoms with Gasteiger partial charge in [-0.1, -0.05) is 0 Å². The highest BCUT2D eigenvalue weighted by atomic mass is 16.6. The smallest absolute Gasteiger partial charge is 0.374 e. The number of hydrogen-bond acceptors (Lipinski definition) is 6. The summed E-state index contributed by atoms with van der Waals surface area (Å²) in [6, 6.07) is 0. The van der Waals surface area contributed by atoms with Crippen molar-refractivity contribution in [3.05, 3.63) is 11.8 Å². The quantitative estimate of drug-likeness (QED) is 0.585. The van der Waals surface area contributed by atoms with Crippen LogP contribution in [-0.4, -0.2) is 30.6 Å². The minimum Gasteiger partial charge on any atom is -0.461 e. The van der Waals surface area contributed by atoms with Gasteiger partial charge in [0.1, 0.15) is 6.61 Å². The van der Waals surface area contributed by atoms with Gasteiger partial charge in [-0.05, 0) is 41.5 Å². The molecule has 21 heavy (non-hydrogen) atoms. The van der Waals surface area contributed by atoms with Crippen LogP contribution >= 0.6 is 0 Å². The van der Waals surface area contributed by atoms with Gasteiger partial charge in [0.2, 0.25) is 5.76 Å². The molecule has 0 fully saturated rings. The Hall–Kier alpha value is -1.85. The average Bonchev–Trinajstić information content (AvgIpc) is 2.64. The van der Waals surface area contributed by atoms with Gasteiger partial charge in [-0.25, -0.2) is 4.79 Å². The molecule has 0 aromatic carbocycles. The molecular formula is C15H22O6. The molecule has 0 saturated heterocycles. The Bertz CT molecular complexity index is 475. The molecule has 0 saturated carbocycles. The van der Waals surface area contributed by atoms with Gasteiger partial charge in [0, 0.05) is 6.08 Å². The van der Waals surface area contributed by atoms with Crippen molar-refractivity contribution in [1.82, 2.24) is 0 Å². The molecule has 6 heteroatoms. The first-order valence-electron chi connectivity index (χ1n) is 6.73. The average molecular weight is 298 g/mol. The summed E-state index contributed by atoms with van der Waals surface area (Å²) in [4.78, 5) is 34.9. The first-order chi connectivity index (χ1) is 9.41. The summed E-state index contributed by atoms with van der Waals surface area (Å²) in [5, 5.41) is 0. The van der Waals surface area contributed by atoms with Crippen molar-refractivity contribution in [3.63, 3.8) is 0 Å². The third-order valence-electron chi connectivity index (χ3n) is 2.60. The molecule has 1 atom stereocenters. The van der Waals surface area contributed by atoms with Gasteiger partial charge >= 0.3 is 17.9 Å². The standard InChI is InChI=1S/C15H22O6/c1-14(2,3)12(17)19-8-9-7-10(11(16)20-9)21-13(18)15(4,5)6/h7,9H,8H2,1-6H3/t9-/m0/s1. The molecule has 0 bridgehead atoms. The highest BCUT2D eigenvalue weighted by Gasteiger charge is 2.34. The maximum absolute atomic E-state index is 11.7. The number of hydrogen-bond donors (Lipinski definition) is 0. The summed E-state index contributed by atoms with van der Waals surface area (Å²) in [5.74, 6) is -1.82. The van der Waals surface area contributed by atoms with E-state index in [2.05, 4.69) is 0 Å². The van der Waals surface area contributed by atoms with Gasteiger partial charge in [0.25, 0.3) is 0 Å². The van der Waals surface area contributed by atoms with Crippen LogP contribution in [0.15, 0.2) is 11.8 Å². The Labute approximate surface area is 124 Å². The second-order valence-corrected chi connectivity index (χ2v) is 6.96. The summed E-state index contributed by atoms with van der Waals surface area (Å²) in [5.41, 5.74) is -1.36. The lowest BCUT2D eigenvalue weighted by Crippen LogP contribution is -2.27. The fourth-order valence-electron chi connectivity index (χ4n) is 1.25. The molecule has 0 unspecified atom stereocenters. The van der Waals surface area contributed by atoms with Crippen molar-refractivity contribution in [2.45, 2.75) is 47.6 Å². The van der Waals surface area contributed by atoms with Crippen LogP contribution < -0.4 is 0 Å². The predicted octanol–water partition coefficient (Wildman–Crippen LogP) is 1.97. The van der Waals surface area contributed by atoms with Crippen LogP contribution in [0.25, 0.3) is 0 Å². The van der Waals surface area contributed by atoms with Crippen molar-refractivity contribution in [2.75, 3.05) is 6.61 Å². The summed E-state index contributed by atoms with van der Waals surface area (Å²) in [7, 11) is 0. The highest BCUT2D eigenvalue weighted by molar-refractivity contribution is 5.92. The topological polar surface area (TPSA) is 78.9 Å². The van der Waals surface area contributed by atoms with Gasteiger partial charge < -0.3 is 14.2 Å². The highest BCUT2D eigenvalue weighted by Crippen LogP contribution is 2.22. The van der Waals surface area contributed by atoms with Gasteiger partial charge in [0.05, 0.1) is 10.8 Å². The lowest BCUT2D eigenvalue weighted by molar-refractivity contribution is -0.160. The van der Waals surface area contributed by atoms with Crippen molar-refractivity contribution in [3.8, 4) is 0 Å². The first-order valence-corrected chi connectivity index (χ1v) is 6.73. The van der Waals surface area contributed by atoms with Crippen LogP contribution in [0.3, 0.4) is 0 Å². The molecule has 1 aliphatic heterocycles. The lowest BCUT2D eigenvalue weighted by atomic mass is 9.97. The van der Waals surface area contributed by atoms with E-state index in [-0.39, 0.29) is 12.4 Å². The molecule has 0 spiro atoms. The molecule has 0 aromatic rings. The Kier molecular flexibility index (Phi) is 4.81. The second-order valence-electron chi connectivity index (χ2n) is 6.96. The number of rotatable bonds is 3. The largest absolute Gasteiger partial charge is 0.461 e. The summed E-state index contributed by atoms with van der Waals surface area (Å²) in [6.45, 7) is 10.1. The minimum absolute atomic E-state index is 0.0988. The van der Waals surface area contributed by atoms with Gasteiger partial charge in [-0.15, -0.1) is 0 Å². The van der Waals surface area contributed by atoms with Crippen molar-refractivity contribution < 1.29 is 28.6 Å². The monoisotopic (exact) mass is 298 g/mol. The van der Waals surface area contributed by atoms with Gasteiger partial charge in [-0.3, -0.25) is 9.59 Å². The van der Waals surface area contributed by atoms with Crippen LogP contribution in [0.2, 0.25) is 0 Å². The molecule has 0 radical (unpaired) electrons. The number of cyclic esters (lactones) is 1. The maximum atomic E-state index is 11.7. The molecule has 118 valence electrons. The van der Waals surface area contributed by atoms with Crippen molar-refractivity contribution >= 4 is 17.9 Å². The zero-order chi connectivity index (χ0) is 16.4. The third kappa shape index (κ3) is 4.88. The number of ether oxygens (including phenoxy) is 3. The van der Waals surface area contributed by atoms with E-state index in [0.29, 0.717) is 0 Å². The van der Waals surface area contributed by atoms with Crippen molar-refractivity contribution in [2.24, 2.45) is 10.8 Å². The van der Waals surface area contributed by atoms with Crippen LogP contribution in [0.4, 0.5) is 0 Å². The molecule has 0 N–H and O–H groups in total. The summed E-state index contributed by atoms with van der Waals surface area (Å²) in [6.07, 6.45) is 0.619. The van der Waals surface area contributed by atoms with E-state index in [4.69, 9.17) is 14.2 Å². The SMILES string of the molecule is CC(C)(C)C(=O)OC[C@@H]1C=C(OC(=O)C(C)(C)C)C(=O)O1. The van der Waals surface area contributed by atoms with E-state index in [9.17, 15) is 14.4 Å². The number of carbonyl (C=O) groups excluding carboxylic acids is 3. The number of esters is 3. The lowest BCUT2D eigenvalue weighted by Gasteiger charge is -2.17. The Morgan fingerprint density at radius 3 is 2.10 bits per heavy atom. The number of carbonyl (C=O) groups is 3. The minimum atomic E-state index is -0.732. The maximum Gasteiger partial charge on any atom is 0.374 e. The predicted molar refractivity (Wildman–Crippen MR) is 73.9 cm³/mol. The molecular weight excluding hydrogens is 276 g/mol. The van der Waals surface area contributed by atoms with Crippen LogP contribution in [0.5, 0.6) is 0 Å². The van der Waals surface area contributed by atoms with Crippen LogP contribution in [-0.2, 0) is 28.6 Å². The summed E-state index contributed by atoms with van der Waals surface area (Å²) < 4.78 is 15.0. The van der Waals surface area contributed by atoms with E-state index in [1.165, 1.54) is 6.08 Å². The Morgan fingerprint density at radius 1 is 1.10 bits per heavy atom. The van der Waals surface area contributed by atoms with Crippen LogP contribution in [0, 0.1) is 10.8 Å². The van der Waals surface area contributed by atoms with E-state index in [0.717, 1.165) is 0 Å². The van der Waals surface area contributed by atoms with Gasteiger partial charge in [-0.2, -0.15) is 0 Å². The third-order valence-corrected chi connectivity index (χ3v) is 2.60.